The first-order chi connectivity index (χ1) is 5.94. The Morgan fingerprint density at radius 1 is 1.38 bits per heavy atom. The second-order valence-corrected chi connectivity index (χ2v) is 2.91. The highest BCUT2D eigenvalue weighted by atomic mass is 16.6. The standard InChI is InChI=1S/C10H10O3/c1-5-7-8(11)13-9(12)10(3,4)6-2/h1-2H,7H2,3-4H3. The molecule has 0 rings (SSSR count). The number of carbonyl (C=O) groups is 2. The summed E-state index contributed by atoms with van der Waals surface area (Å²) in [5, 5.41) is 0. The van der Waals surface area contributed by atoms with E-state index in [2.05, 4.69) is 16.6 Å². The lowest BCUT2D eigenvalue weighted by molar-refractivity contribution is -0.163. The Bertz CT molecular complexity index is 299. The maximum Gasteiger partial charge on any atom is 0.331 e. The molecule has 3 heteroatoms. The van der Waals surface area contributed by atoms with Crippen molar-refractivity contribution in [1.82, 2.24) is 0 Å². The molecule has 3 nitrogen and oxygen atoms in total. The Kier molecular flexibility index (Phi) is 3.75. The van der Waals surface area contributed by atoms with Crippen LogP contribution in [-0.2, 0) is 14.3 Å². The third-order valence-corrected chi connectivity index (χ3v) is 1.32. The van der Waals surface area contributed by atoms with Crippen LogP contribution in [0.4, 0.5) is 0 Å². The zero-order chi connectivity index (χ0) is 10.5. The molecule has 0 amide bonds. The first-order valence-corrected chi connectivity index (χ1v) is 3.60. The molecular formula is C10H10O3. The van der Waals surface area contributed by atoms with E-state index in [9.17, 15) is 9.59 Å². The van der Waals surface area contributed by atoms with Crippen LogP contribution >= 0.6 is 0 Å². The number of carbonyl (C=O) groups excluding carboxylic acids is 2. The Hall–Kier alpha value is -1.74. The number of terminal acetylenes is 2. The van der Waals surface area contributed by atoms with E-state index >= 15 is 0 Å². The van der Waals surface area contributed by atoms with Crippen molar-refractivity contribution in [3.63, 3.8) is 0 Å². The second-order valence-electron chi connectivity index (χ2n) is 2.91. The lowest BCUT2D eigenvalue weighted by atomic mass is 9.95. The van der Waals surface area contributed by atoms with Crippen molar-refractivity contribution in [2.75, 3.05) is 0 Å². The molecule has 0 aromatic carbocycles. The normalized spacial score (nSPS) is 9.54. The smallest absolute Gasteiger partial charge is 0.331 e. The Labute approximate surface area is 77.5 Å². The van der Waals surface area contributed by atoms with E-state index in [1.54, 1.807) is 0 Å². The monoisotopic (exact) mass is 178 g/mol. The fourth-order valence-corrected chi connectivity index (χ4v) is 0.409. The predicted octanol–water partition coefficient (Wildman–Crippen LogP) is 0.739. The summed E-state index contributed by atoms with van der Waals surface area (Å²) >= 11 is 0. The molecule has 0 fully saturated rings. The van der Waals surface area contributed by atoms with Crippen molar-refractivity contribution >= 4 is 11.9 Å². The van der Waals surface area contributed by atoms with Gasteiger partial charge in [0.2, 0.25) is 0 Å². The highest BCUT2D eigenvalue weighted by Crippen LogP contribution is 2.15. The molecule has 0 heterocycles. The fourth-order valence-electron chi connectivity index (χ4n) is 0.409. The van der Waals surface area contributed by atoms with Crippen LogP contribution in [0.3, 0.4) is 0 Å². The number of ether oxygens (including phenoxy) is 1. The number of esters is 2. The fraction of sp³-hybridized carbons (Fsp3) is 0.400. The van der Waals surface area contributed by atoms with Gasteiger partial charge in [0.15, 0.2) is 0 Å². The van der Waals surface area contributed by atoms with E-state index in [0.29, 0.717) is 0 Å². The number of hydrogen-bond donors (Lipinski definition) is 0. The van der Waals surface area contributed by atoms with Crippen molar-refractivity contribution in [3.05, 3.63) is 0 Å². The first kappa shape index (κ1) is 11.3. The zero-order valence-corrected chi connectivity index (χ0v) is 7.59. The van der Waals surface area contributed by atoms with E-state index in [4.69, 9.17) is 12.8 Å². The molecule has 0 atom stereocenters. The van der Waals surface area contributed by atoms with Gasteiger partial charge >= 0.3 is 11.9 Å². The molecular weight excluding hydrogens is 168 g/mol. The van der Waals surface area contributed by atoms with E-state index in [-0.39, 0.29) is 6.42 Å². The topological polar surface area (TPSA) is 43.4 Å². The average molecular weight is 178 g/mol. The summed E-state index contributed by atoms with van der Waals surface area (Å²) in [6, 6.07) is 0. The molecule has 0 aliphatic carbocycles. The summed E-state index contributed by atoms with van der Waals surface area (Å²) < 4.78 is 4.38. The highest BCUT2D eigenvalue weighted by Gasteiger charge is 2.28. The van der Waals surface area contributed by atoms with E-state index in [0.717, 1.165) is 0 Å². The quantitative estimate of drug-likeness (QED) is 0.356. The minimum atomic E-state index is -1.09. The third-order valence-electron chi connectivity index (χ3n) is 1.32. The Balaban J connectivity index is 4.28. The lowest BCUT2D eigenvalue weighted by Gasteiger charge is -2.13. The van der Waals surface area contributed by atoms with Gasteiger partial charge in [-0.25, -0.2) is 4.79 Å². The van der Waals surface area contributed by atoms with Gasteiger partial charge in [0.05, 0.1) is 0 Å². The minimum absolute atomic E-state index is 0.230. The molecule has 0 aliphatic heterocycles. The molecule has 0 N–H and O–H groups in total. The molecule has 0 spiro atoms. The molecule has 13 heavy (non-hydrogen) atoms. The van der Waals surface area contributed by atoms with Crippen LogP contribution < -0.4 is 0 Å². The summed E-state index contributed by atoms with van der Waals surface area (Å²) in [7, 11) is 0. The van der Waals surface area contributed by atoms with Crippen LogP contribution in [0, 0.1) is 30.1 Å². The molecule has 68 valence electrons. The summed E-state index contributed by atoms with van der Waals surface area (Å²) in [5.74, 6) is 2.77. The molecule has 0 bridgehead atoms. The van der Waals surface area contributed by atoms with Crippen molar-refractivity contribution in [2.24, 2.45) is 5.41 Å². The van der Waals surface area contributed by atoms with Crippen LogP contribution in [0.25, 0.3) is 0 Å². The molecule has 0 unspecified atom stereocenters. The van der Waals surface area contributed by atoms with Gasteiger partial charge in [-0.1, -0.05) is 11.8 Å². The zero-order valence-electron chi connectivity index (χ0n) is 7.59. The second kappa shape index (κ2) is 4.33. The van der Waals surface area contributed by atoms with Gasteiger partial charge in [-0.05, 0) is 13.8 Å². The minimum Gasteiger partial charge on any atom is -0.391 e. The Morgan fingerprint density at radius 2 is 1.92 bits per heavy atom. The highest BCUT2D eigenvalue weighted by molar-refractivity contribution is 5.90. The van der Waals surface area contributed by atoms with Gasteiger partial charge in [0, 0.05) is 0 Å². The van der Waals surface area contributed by atoms with Crippen LogP contribution in [0.15, 0.2) is 0 Å². The molecule has 0 aromatic rings. The van der Waals surface area contributed by atoms with Gasteiger partial charge in [-0.2, -0.15) is 0 Å². The summed E-state index contributed by atoms with van der Waals surface area (Å²) in [4.78, 5) is 21.9. The number of hydrogen-bond acceptors (Lipinski definition) is 3. The van der Waals surface area contributed by atoms with Crippen LogP contribution in [0.2, 0.25) is 0 Å². The van der Waals surface area contributed by atoms with Crippen LogP contribution in [-0.4, -0.2) is 11.9 Å². The lowest BCUT2D eigenvalue weighted by Crippen LogP contribution is -2.27. The van der Waals surface area contributed by atoms with Crippen LogP contribution in [0.1, 0.15) is 20.3 Å². The van der Waals surface area contributed by atoms with E-state index in [1.165, 1.54) is 13.8 Å². The van der Waals surface area contributed by atoms with Gasteiger partial charge in [-0.15, -0.1) is 12.8 Å². The molecule has 0 radical (unpaired) electrons. The van der Waals surface area contributed by atoms with Crippen molar-refractivity contribution < 1.29 is 14.3 Å². The average Bonchev–Trinajstić information content (AvgIpc) is 2.04. The van der Waals surface area contributed by atoms with E-state index < -0.39 is 17.4 Å². The predicted molar refractivity (Wildman–Crippen MR) is 47.2 cm³/mol. The Morgan fingerprint density at radius 3 is 2.31 bits per heavy atom. The third kappa shape index (κ3) is 3.44. The SMILES string of the molecule is C#CCC(=O)OC(=O)C(C)(C)C#C. The summed E-state index contributed by atoms with van der Waals surface area (Å²) in [6.07, 6.45) is 9.67. The maximum atomic E-state index is 11.1. The van der Waals surface area contributed by atoms with Crippen molar-refractivity contribution in [2.45, 2.75) is 20.3 Å². The maximum absolute atomic E-state index is 11.1. The molecule has 0 saturated heterocycles. The molecule has 0 saturated carbocycles. The van der Waals surface area contributed by atoms with Gasteiger partial charge in [0.25, 0.3) is 0 Å². The van der Waals surface area contributed by atoms with Crippen molar-refractivity contribution in [3.8, 4) is 24.7 Å². The summed E-state index contributed by atoms with van der Waals surface area (Å²) in [5.41, 5.74) is -1.09. The van der Waals surface area contributed by atoms with Gasteiger partial charge in [-0.3, -0.25) is 4.79 Å². The van der Waals surface area contributed by atoms with E-state index in [1.807, 2.05) is 0 Å². The first-order valence-electron chi connectivity index (χ1n) is 3.60. The number of rotatable bonds is 2. The van der Waals surface area contributed by atoms with Crippen molar-refractivity contribution in [1.29, 1.82) is 0 Å². The molecule has 0 aromatic heterocycles. The molecule has 0 aliphatic rings. The van der Waals surface area contributed by atoms with Crippen LogP contribution in [0.5, 0.6) is 0 Å². The largest absolute Gasteiger partial charge is 0.391 e. The summed E-state index contributed by atoms with van der Waals surface area (Å²) in [6.45, 7) is 2.97. The van der Waals surface area contributed by atoms with Gasteiger partial charge < -0.3 is 4.74 Å². The van der Waals surface area contributed by atoms with Gasteiger partial charge in [0.1, 0.15) is 11.8 Å².